The number of aliphatic imine (C=N–C) groups is 1. The number of hydrogen-bond donors (Lipinski definition) is 1. The molecule has 4 heteroatoms. The molecule has 0 rings (SSSR count). The molecule has 10 heavy (non-hydrogen) atoms. The van der Waals surface area contributed by atoms with Crippen molar-refractivity contribution in [3.63, 3.8) is 0 Å². The van der Waals surface area contributed by atoms with Gasteiger partial charge in [0.2, 0.25) is 0 Å². The van der Waals surface area contributed by atoms with E-state index in [1.54, 1.807) is 13.0 Å². The average Bonchev–Trinajstić information content (AvgIpc) is 1.90. The van der Waals surface area contributed by atoms with Crippen molar-refractivity contribution in [2.75, 3.05) is 0 Å². The lowest BCUT2D eigenvalue weighted by molar-refractivity contribution is 1.49. The van der Waals surface area contributed by atoms with E-state index in [1.807, 2.05) is 0 Å². The van der Waals surface area contributed by atoms with Crippen molar-refractivity contribution >= 4 is 27.9 Å². The van der Waals surface area contributed by atoms with E-state index in [9.17, 15) is 0 Å². The molecule has 52 valence electrons. The maximum Gasteiger partial charge on any atom is 0.157 e. The highest BCUT2D eigenvalue weighted by molar-refractivity contribution is 9.11. The van der Waals surface area contributed by atoms with Gasteiger partial charge in [-0.3, -0.25) is 0 Å². The van der Waals surface area contributed by atoms with Crippen molar-refractivity contribution < 1.29 is 0 Å². The van der Waals surface area contributed by atoms with E-state index in [0.29, 0.717) is 0 Å². The Balaban J connectivity index is 4.31. The molecule has 0 fully saturated rings. The highest BCUT2D eigenvalue weighted by atomic mass is 79.9. The van der Waals surface area contributed by atoms with Gasteiger partial charge in [-0.25, -0.2) is 4.99 Å². The first-order valence-electron chi connectivity index (χ1n) is 2.51. The van der Waals surface area contributed by atoms with Crippen LogP contribution in [0.15, 0.2) is 15.7 Å². The van der Waals surface area contributed by atoms with Gasteiger partial charge in [0.05, 0.1) is 6.21 Å². The quantitative estimate of drug-likeness (QED) is 0.679. The molecule has 0 aliphatic rings. The minimum Gasteiger partial charge on any atom is -0.306 e. The Labute approximate surface area is 67.7 Å². The third-order valence-electron chi connectivity index (χ3n) is 0.633. The molecule has 0 saturated carbocycles. The van der Waals surface area contributed by atoms with E-state index in [-0.39, 0.29) is 5.71 Å². The maximum absolute atomic E-state index is 8.26. The standard InChI is InChI=1S/C6H6BrN3/c1-5(7)4-10-6(2-8)3-9/h2,4,8H,1H3/b5-4+,8-2?,10-6+. The number of nitrogens with one attached hydrogen (secondary N) is 1. The Morgan fingerprint density at radius 2 is 2.40 bits per heavy atom. The number of allylic oxidation sites excluding steroid dienone is 1. The van der Waals surface area contributed by atoms with Gasteiger partial charge < -0.3 is 5.41 Å². The van der Waals surface area contributed by atoms with Crippen LogP contribution in [0.2, 0.25) is 0 Å². The summed E-state index contributed by atoms with van der Waals surface area (Å²) in [5.41, 5.74) is 0.0961. The molecule has 0 aromatic carbocycles. The predicted molar refractivity (Wildman–Crippen MR) is 44.5 cm³/mol. The molecule has 1 N–H and O–H groups in total. The molecule has 0 aromatic heterocycles. The first-order chi connectivity index (χ1) is 4.70. The van der Waals surface area contributed by atoms with E-state index >= 15 is 0 Å². The third-order valence-corrected chi connectivity index (χ3v) is 0.838. The second-order valence-corrected chi connectivity index (χ2v) is 2.74. The number of nitriles is 1. The average molecular weight is 200 g/mol. The zero-order valence-corrected chi connectivity index (χ0v) is 7.01. The van der Waals surface area contributed by atoms with Gasteiger partial charge in [-0.05, 0) is 6.92 Å². The topological polar surface area (TPSA) is 60.0 Å². The molecule has 0 saturated heterocycles. The van der Waals surface area contributed by atoms with Crippen LogP contribution in [0.25, 0.3) is 0 Å². The van der Waals surface area contributed by atoms with Crippen LogP contribution in [0.4, 0.5) is 0 Å². The summed E-state index contributed by atoms with van der Waals surface area (Å²) in [7, 11) is 0. The van der Waals surface area contributed by atoms with Crippen molar-refractivity contribution in [1.82, 2.24) is 0 Å². The molecule has 3 nitrogen and oxygen atoms in total. The van der Waals surface area contributed by atoms with Gasteiger partial charge in [0, 0.05) is 10.7 Å². The first kappa shape index (κ1) is 9.05. The molecule has 0 heterocycles. The first-order valence-corrected chi connectivity index (χ1v) is 3.30. The van der Waals surface area contributed by atoms with Gasteiger partial charge in [0.25, 0.3) is 0 Å². The van der Waals surface area contributed by atoms with E-state index in [4.69, 9.17) is 10.7 Å². The van der Waals surface area contributed by atoms with Gasteiger partial charge in [-0.15, -0.1) is 0 Å². The maximum atomic E-state index is 8.26. The second kappa shape index (κ2) is 4.89. The Morgan fingerprint density at radius 3 is 2.70 bits per heavy atom. The van der Waals surface area contributed by atoms with E-state index in [0.717, 1.165) is 10.7 Å². The molecule has 0 amide bonds. The van der Waals surface area contributed by atoms with E-state index in [2.05, 4.69) is 20.9 Å². The van der Waals surface area contributed by atoms with Crippen molar-refractivity contribution in [2.45, 2.75) is 6.92 Å². The van der Waals surface area contributed by atoms with E-state index in [1.165, 1.54) is 6.20 Å². The van der Waals surface area contributed by atoms with Gasteiger partial charge in [0.15, 0.2) is 5.71 Å². The van der Waals surface area contributed by atoms with Crippen LogP contribution in [0.5, 0.6) is 0 Å². The predicted octanol–water partition coefficient (Wildman–Crippen LogP) is 1.86. The van der Waals surface area contributed by atoms with Crippen LogP contribution >= 0.6 is 15.9 Å². The van der Waals surface area contributed by atoms with Gasteiger partial charge >= 0.3 is 0 Å². The van der Waals surface area contributed by atoms with Gasteiger partial charge in [-0.1, -0.05) is 15.9 Å². The number of rotatable bonds is 2. The van der Waals surface area contributed by atoms with Crippen molar-refractivity contribution in [3.05, 3.63) is 10.7 Å². The van der Waals surface area contributed by atoms with E-state index < -0.39 is 0 Å². The Kier molecular flexibility index (Phi) is 4.42. The minimum absolute atomic E-state index is 0.0961. The summed E-state index contributed by atoms with van der Waals surface area (Å²) in [5, 5.41) is 14.9. The fraction of sp³-hybridized carbons (Fsp3) is 0.167. The largest absolute Gasteiger partial charge is 0.306 e. The SMILES string of the molecule is C/C(Br)=C\N=C(\C#N)C=N. The van der Waals surface area contributed by atoms with Crippen molar-refractivity contribution in [1.29, 1.82) is 10.7 Å². The highest BCUT2D eigenvalue weighted by Crippen LogP contribution is 2.00. The van der Waals surface area contributed by atoms with Crippen LogP contribution in [0, 0.1) is 16.7 Å². The lowest BCUT2D eigenvalue weighted by Crippen LogP contribution is -1.91. The zero-order chi connectivity index (χ0) is 7.98. The smallest absolute Gasteiger partial charge is 0.157 e. The lowest BCUT2D eigenvalue weighted by Gasteiger charge is -1.81. The summed E-state index contributed by atoms with van der Waals surface area (Å²) in [4.78, 5) is 3.66. The monoisotopic (exact) mass is 199 g/mol. The molecule has 0 aromatic rings. The number of halogens is 1. The summed E-state index contributed by atoms with van der Waals surface area (Å²) in [5.74, 6) is 0. The summed E-state index contributed by atoms with van der Waals surface area (Å²) in [6, 6.07) is 1.75. The molecule has 0 atom stereocenters. The molecule has 0 bridgehead atoms. The van der Waals surface area contributed by atoms with Crippen LogP contribution in [-0.4, -0.2) is 11.9 Å². The Hall–Kier alpha value is -0.950. The zero-order valence-electron chi connectivity index (χ0n) is 5.43. The van der Waals surface area contributed by atoms with Crippen LogP contribution < -0.4 is 0 Å². The molecular weight excluding hydrogens is 194 g/mol. The third kappa shape index (κ3) is 3.98. The van der Waals surface area contributed by atoms with Crippen molar-refractivity contribution in [3.8, 4) is 6.07 Å². The van der Waals surface area contributed by atoms with Crippen LogP contribution in [0.1, 0.15) is 6.92 Å². The molecule has 0 aliphatic heterocycles. The summed E-state index contributed by atoms with van der Waals surface area (Å²) in [6.45, 7) is 1.79. The Bertz CT molecular complexity index is 218. The van der Waals surface area contributed by atoms with Gasteiger partial charge in [0.1, 0.15) is 6.07 Å². The van der Waals surface area contributed by atoms with Crippen molar-refractivity contribution in [2.24, 2.45) is 4.99 Å². The molecular formula is C6H6BrN3. The summed E-state index contributed by atoms with van der Waals surface area (Å²) < 4.78 is 0.821. The Morgan fingerprint density at radius 1 is 1.80 bits per heavy atom. The molecule has 0 radical (unpaired) electrons. The fourth-order valence-corrected chi connectivity index (χ4v) is 0.359. The molecule has 0 spiro atoms. The summed E-state index contributed by atoms with van der Waals surface area (Å²) in [6.07, 6.45) is 2.38. The molecule has 0 unspecified atom stereocenters. The van der Waals surface area contributed by atoms with Crippen LogP contribution in [-0.2, 0) is 0 Å². The normalized spacial score (nSPS) is 12.5. The lowest BCUT2D eigenvalue weighted by atomic mass is 10.4. The number of hydrogen-bond acceptors (Lipinski definition) is 3. The fourth-order valence-electron chi connectivity index (χ4n) is 0.257. The number of nitrogens with zero attached hydrogens (tertiary/aromatic N) is 2. The van der Waals surface area contributed by atoms with Crippen LogP contribution in [0.3, 0.4) is 0 Å². The van der Waals surface area contributed by atoms with Gasteiger partial charge in [-0.2, -0.15) is 5.26 Å². The summed E-state index contributed by atoms with van der Waals surface area (Å²) >= 11 is 3.13. The second-order valence-electron chi connectivity index (χ2n) is 1.49. The molecule has 0 aliphatic carbocycles. The highest BCUT2D eigenvalue weighted by Gasteiger charge is 1.85. The minimum atomic E-state index is 0.0961.